The van der Waals surface area contributed by atoms with Crippen LogP contribution < -0.4 is 0 Å². The molecule has 1 aromatic carbocycles. The van der Waals surface area contributed by atoms with Crippen LogP contribution in [0.2, 0.25) is 0 Å². The first-order valence-electron chi connectivity index (χ1n) is 5.45. The summed E-state index contributed by atoms with van der Waals surface area (Å²) in [7, 11) is 0. The summed E-state index contributed by atoms with van der Waals surface area (Å²) in [5.74, 6) is -0.155. The zero-order chi connectivity index (χ0) is 12.7. The number of imidazole rings is 1. The molecule has 0 fully saturated rings. The van der Waals surface area contributed by atoms with Crippen molar-refractivity contribution in [1.82, 2.24) is 15.0 Å². The molecule has 5 heteroatoms. The molecule has 0 aliphatic carbocycles. The van der Waals surface area contributed by atoms with Crippen LogP contribution in [0.3, 0.4) is 0 Å². The lowest BCUT2D eigenvalue weighted by atomic mass is 10.2. The fourth-order valence-corrected chi connectivity index (χ4v) is 1.87. The number of halogens is 1. The molecule has 0 atom stereocenters. The third-order valence-corrected chi connectivity index (χ3v) is 2.82. The van der Waals surface area contributed by atoms with Crippen molar-refractivity contribution in [1.29, 1.82) is 0 Å². The van der Waals surface area contributed by atoms with E-state index in [0.717, 1.165) is 17.1 Å². The molecule has 0 saturated heterocycles. The Balaban J connectivity index is 2.23. The van der Waals surface area contributed by atoms with Crippen molar-refractivity contribution in [2.75, 3.05) is 0 Å². The molecule has 0 unspecified atom stereocenters. The van der Waals surface area contributed by atoms with E-state index < -0.39 is 5.82 Å². The molecule has 18 heavy (non-hydrogen) atoms. The topological polar surface area (TPSA) is 61.8 Å². The van der Waals surface area contributed by atoms with E-state index in [2.05, 4.69) is 15.0 Å². The van der Waals surface area contributed by atoms with Crippen LogP contribution in [-0.2, 0) is 0 Å². The summed E-state index contributed by atoms with van der Waals surface area (Å²) in [6.45, 7) is 1.94. The van der Waals surface area contributed by atoms with Gasteiger partial charge in [0.05, 0.1) is 11.1 Å². The molecular weight excluding hydrogens is 233 g/mol. The molecule has 0 aliphatic heterocycles. The van der Waals surface area contributed by atoms with E-state index in [1.807, 2.05) is 13.0 Å². The first-order valence-corrected chi connectivity index (χ1v) is 5.45. The molecule has 2 aromatic heterocycles. The summed E-state index contributed by atoms with van der Waals surface area (Å²) < 4.78 is 12.9. The lowest BCUT2D eigenvalue weighted by Gasteiger charge is -2.00. The highest BCUT2D eigenvalue weighted by molar-refractivity contribution is 5.79. The lowest BCUT2D eigenvalue weighted by molar-refractivity contribution is 0.471. The number of fused-ring (bicyclic) bond motifs is 1. The average Bonchev–Trinajstić information content (AvgIpc) is 2.74. The molecule has 0 spiro atoms. The zero-order valence-corrected chi connectivity index (χ0v) is 9.61. The quantitative estimate of drug-likeness (QED) is 0.690. The smallest absolute Gasteiger partial charge is 0.178 e. The second-order valence-corrected chi connectivity index (χ2v) is 4.07. The van der Waals surface area contributed by atoms with Crippen LogP contribution in [0, 0.1) is 12.7 Å². The standard InChI is InChI=1S/C13H10FN3O/c1-7-4-5-15-13-11(7)16-12(17-13)9-3-2-8(14)6-10(9)18/h2-6,18H,1H3,(H,15,16,17). The minimum absolute atomic E-state index is 0.147. The molecule has 3 aromatic rings. The predicted molar refractivity (Wildman–Crippen MR) is 65.7 cm³/mol. The highest BCUT2D eigenvalue weighted by Crippen LogP contribution is 2.29. The maximum absolute atomic E-state index is 12.9. The maximum atomic E-state index is 12.9. The lowest BCUT2D eigenvalue weighted by Crippen LogP contribution is -1.83. The van der Waals surface area contributed by atoms with Crippen molar-refractivity contribution in [3.05, 3.63) is 41.8 Å². The minimum atomic E-state index is -0.485. The largest absolute Gasteiger partial charge is 0.507 e. The Labute approximate surface area is 102 Å². The number of aromatic amines is 1. The van der Waals surface area contributed by atoms with Crippen LogP contribution in [0.15, 0.2) is 30.5 Å². The van der Waals surface area contributed by atoms with Crippen molar-refractivity contribution in [2.45, 2.75) is 6.92 Å². The maximum Gasteiger partial charge on any atom is 0.178 e. The Morgan fingerprint density at radius 3 is 2.83 bits per heavy atom. The van der Waals surface area contributed by atoms with Gasteiger partial charge in [-0.1, -0.05) is 0 Å². The van der Waals surface area contributed by atoms with Crippen molar-refractivity contribution in [3.63, 3.8) is 0 Å². The van der Waals surface area contributed by atoms with Crippen LogP contribution in [-0.4, -0.2) is 20.1 Å². The second-order valence-electron chi connectivity index (χ2n) is 4.07. The Hall–Kier alpha value is -2.43. The van der Waals surface area contributed by atoms with Gasteiger partial charge >= 0.3 is 0 Å². The van der Waals surface area contributed by atoms with Gasteiger partial charge in [0.2, 0.25) is 0 Å². The van der Waals surface area contributed by atoms with E-state index in [1.165, 1.54) is 12.1 Å². The fraction of sp³-hybridized carbons (Fsp3) is 0.0769. The molecule has 3 rings (SSSR count). The summed E-state index contributed by atoms with van der Waals surface area (Å²) >= 11 is 0. The molecule has 0 amide bonds. The number of rotatable bonds is 1. The van der Waals surface area contributed by atoms with Crippen molar-refractivity contribution < 1.29 is 9.50 Å². The molecule has 90 valence electrons. The number of aromatic nitrogens is 3. The van der Waals surface area contributed by atoms with Gasteiger partial charge in [0, 0.05) is 12.3 Å². The first-order chi connectivity index (χ1) is 8.65. The van der Waals surface area contributed by atoms with Gasteiger partial charge in [0.15, 0.2) is 5.65 Å². The van der Waals surface area contributed by atoms with Crippen molar-refractivity contribution >= 4 is 11.2 Å². The Morgan fingerprint density at radius 1 is 1.28 bits per heavy atom. The third-order valence-electron chi connectivity index (χ3n) is 2.82. The monoisotopic (exact) mass is 243 g/mol. The second kappa shape index (κ2) is 3.80. The number of nitrogens with one attached hydrogen (secondary N) is 1. The summed E-state index contributed by atoms with van der Waals surface area (Å²) in [5, 5.41) is 9.72. The number of benzene rings is 1. The molecule has 4 nitrogen and oxygen atoms in total. The van der Waals surface area contributed by atoms with Crippen molar-refractivity contribution in [2.24, 2.45) is 0 Å². The summed E-state index contributed by atoms with van der Waals surface area (Å²) in [6, 6.07) is 5.69. The Morgan fingerprint density at radius 2 is 2.11 bits per heavy atom. The number of nitrogens with zero attached hydrogens (tertiary/aromatic N) is 2. The van der Waals surface area contributed by atoms with Crippen LogP contribution in [0.5, 0.6) is 5.75 Å². The molecule has 0 radical (unpaired) electrons. The summed E-state index contributed by atoms with van der Waals surface area (Å²) in [6.07, 6.45) is 1.67. The van der Waals surface area contributed by atoms with Crippen molar-refractivity contribution in [3.8, 4) is 17.1 Å². The molecule has 0 saturated carbocycles. The number of H-pyrrole nitrogens is 1. The van der Waals surface area contributed by atoms with E-state index in [4.69, 9.17) is 0 Å². The molecular formula is C13H10FN3O. The Bertz CT molecular complexity index is 736. The van der Waals surface area contributed by atoms with E-state index >= 15 is 0 Å². The van der Waals surface area contributed by atoms with Crippen LogP contribution in [0.25, 0.3) is 22.6 Å². The third kappa shape index (κ3) is 1.60. The molecule has 2 heterocycles. The number of aryl methyl sites for hydroxylation is 1. The van der Waals surface area contributed by atoms with Crippen LogP contribution in [0.1, 0.15) is 5.56 Å². The molecule has 2 N–H and O–H groups in total. The summed E-state index contributed by atoms with van der Waals surface area (Å²) in [4.78, 5) is 11.5. The van der Waals surface area contributed by atoms with E-state index in [0.29, 0.717) is 17.0 Å². The zero-order valence-electron chi connectivity index (χ0n) is 9.61. The van der Waals surface area contributed by atoms with Crippen LogP contribution >= 0.6 is 0 Å². The van der Waals surface area contributed by atoms with Gasteiger partial charge in [-0.25, -0.2) is 14.4 Å². The van der Waals surface area contributed by atoms with Gasteiger partial charge in [-0.05, 0) is 30.7 Å². The van der Waals surface area contributed by atoms with E-state index in [-0.39, 0.29) is 5.75 Å². The van der Waals surface area contributed by atoms with Gasteiger partial charge in [-0.15, -0.1) is 0 Å². The average molecular weight is 243 g/mol. The number of aromatic hydroxyl groups is 1. The summed E-state index contributed by atoms with van der Waals surface area (Å²) in [5.41, 5.74) is 2.86. The number of hydrogen-bond acceptors (Lipinski definition) is 3. The normalized spacial score (nSPS) is 11.0. The first kappa shape index (κ1) is 10.7. The van der Waals surface area contributed by atoms with Gasteiger partial charge in [0.25, 0.3) is 0 Å². The van der Waals surface area contributed by atoms with Crippen LogP contribution in [0.4, 0.5) is 4.39 Å². The van der Waals surface area contributed by atoms with E-state index in [1.54, 1.807) is 6.20 Å². The molecule has 0 bridgehead atoms. The van der Waals surface area contributed by atoms with Gasteiger partial charge in [0.1, 0.15) is 17.4 Å². The fourth-order valence-electron chi connectivity index (χ4n) is 1.87. The Kier molecular flexibility index (Phi) is 2.26. The van der Waals surface area contributed by atoms with Gasteiger partial charge in [-0.2, -0.15) is 0 Å². The van der Waals surface area contributed by atoms with E-state index in [9.17, 15) is 9.50 Å². The highest BCUT2D eigenvalue weighted by atomic mass is 19.1. The number of pyridine rings is 1. The number of phenolic OH excluding ortho intramolecular Hbond substituents is 1. The number of phenols is 1. The number of hydrogen-bond donors (Lipinski definition) is 2. The van der Waals surface area contributed by atoms with Gasteiger partial charge < -0.3 is 10.1 Å². The highest BCUT2D eigenvalue weighted by Gasteiger charge is 2.11. The predicted octanol–water partition coefficient (Wildman–Crippen LogP) is 2.78. The molecule has 0 aliphatic rings. The SMILES string of the molecule is Cc1ccnc2nc(-c3ccc(F)cc3O)[nH]c12. The minimum Gasteiger partial charge on any atom is -0.507 e. The van der Waals surface area contributed by atoms with Gasteiger partial charge in [-0.3, -0.25) is 0 Å².